The Morgan fingerprint density at radius 2 is 1.68 bits per heavy atom. The summed E-state index contributed by atoms with van der Waals surface area (Å²) in [5.74, 6) is -1.74. The van der Waals surface area contributed by atoms with Crippen LogP contribution in [-0.4, -0.2) is 55.2 Å². The number of likely N-dealkylation sites (N-methyl/N-ethyl adjacent to an activating group) is 1. The van der Waals surface area contributed by atoms with Gasteiger partial charge in [-0.05, 0) is 26.2 Å². The Labute approximate surface area is 129 Å². The molecule has 0 saturated heterocycles. The quantitative estimate of drug-likeness (QED) is 0.649. The van der Waals surface area contributed by atoms with Crippen LogP contribution in [0.1, 0.15) is 24.2 Å². The summed E-state index contributed by atoms with van der Waals surface area (Å²) in [6.07, 6.45) is 0. The highest BCUT2D eigenvalue weighted by Gasteiger charge is 2.15. The van der Waals surface area contributed by atoms with Crippen LogP contribution in [0.4, 0.5) is 0 Å². The lowest BCUT2D eigenvalue weighted by molar-refractivity contribution is -0.136. The topological polar surface area (TPSA) is 93.1 Å². The minimum atomic E-state index is -0.833. The molecular weight excluding hydrogens is 290 g/mol. The number of carboxylic acids is 1. The van der Waals surface area contributed by atoms with Crippen molar-refractivity contribution in [2.45, 2.75) is 13.8 Å². The van der Waals surface area contributed by atoms with Gasteiger partial charge in [0.15, 0.2) is 0 Å². The van der Waals surface area contributed by atoms with Crippen molar-refractivity contribution in [2.75, 3.05) is 27.2 Å². The summed E-state index contributed by atoms with van der Waals surface area (Å²) < 4.78 is 10.0. The predicted molar refractivity (Wildman–Crippen MR) is 79.9 cm³/mol. The lowest BCUT2D eigenvalue weighted by atomic mass is 10.2. The van der Waals surface area contributed by atoms with Crippen molar-refractivity contribution >= 4 is 17.9 Å². The number of aliphatic carboxylic acids is 1. The molecule has 0 atom stereocenters. The van der Waals surface area contributed by atoms with Crippen LogP contribution in [0.25, 0.3) is 0 Å². The Bertz CT molecular complexity index is 509. The van der Waals surface area contributed by atoms with Gasteiger partial charge in [-0.1, -0.05) is 12.1 Å². The van der Waals surface area contributed by atoms with E-state index in [4.69, 9.17) is 14.6 Å². The maximum atomic E-state index is 11.6. The molecule has 0 fully saturated rings. The van der Waals surface area contributed by atoms with Crippen molar-refractivity contribution in [1.82, 2.24) is 4.90 Å². The molecule has 122 valence electrons. The van der Waals surface area contributed by atoms with Gasteiger partial charge in [0.25, 0.3) is 5.97 Å². The zero-order valence-corrected chi connectivity index (χ0v) is 13.2. The molecule has 0 aliphatic rings. The largest absolute Gasteiger partial charge is 0.491 e. The van der Waals surface area contributed by atoms with Crippen LogP contribution in [0.5, 0.6) is 5.75 Å². The molecule has 0 radical (unpaired) electrons. The number of ether oxygens (including phenoxy) is 2. The zero-order valence-electron chi connectivity index (χ0n) is 13.2. The Kier molecular flexibility index (Phi) is 9.20. The molecule has 0 amide bonds. The van der Waals surface area contributed by atoms with E-state index in [0.29, 0.717) is 12.4 Å². The predicted octanol–water partition coefficient (Wildman–Crippen LogP) is 1.42. The Morgan fingerprint density at radius 3 is 2.18 bits per heavy atom. The monoisotopic (exact) mass is 311 g/mol. The fourth-order valence-electron chi connectivity index (χ4n) is 1.28. The van der Waals surface area contributed by atoms with Crippen LogP contribution in [0.15, 0.2) is 24.3 Å². The molecule has 0 aliphatic heterocycles. The van der Waals surface area contributed by atoms with Gasteiger partial charge in [0.1, 0.15) is 17.9 Å². The molecule has 1 aromatic rings. The molecule has 1 rings (SSSR count). The molecule has 22 heavy (non-hydrogen) atoms. The summed E-state index contributed by atoms with van der Waals surface area (Å²) in [6.45, 7) is 3.46. The van der Waals surface area contributed by atoms with Crippen molar-refractivity contribution in [2.24, 2.45) is 0 Å². The maximum absolute atomic E-state index is 11.6. The van der Waals surface area contributed by atoms with Crippen LogP contribution in [0, 0.1) is 0 Å². The molecule has 1 N–H and O–H groups in total. The molecule has 7 heteroatoms. The first-order chi connectivity index (χ1) is 10.2. The molecule has 0 heterocycles. The fraction of sp³-hybridized carbons (Fsp3) is 0.400. The van der Waals surface area contributed by atoms with Crippen molar-refractivity contribution in [3.8, 4) is 5.75 Å². The normalized spacial score (nSPS) is 9.50. The van der Waals surface area contributed by atoms with E-state index in [2.05, 4.69) is 4.74 Å². The number of hydrogen-bond donors (Lipinski definition) is 1. The minimum Gasteiger partial charge on any atom is -0.491 e. The Balaban J connectivity index is 0.000000980. The first-order valence-electron chi connectivity index (χ1n) is 6.53. The number of para-hydroxylation sites is 1. The highest BCUT2D eigenvalue weighted by Crippen LogP contribution is 2.18. The molecule has 0 aliphatic carbocycles. The van der Waals surface area contributed by atoms with Gasteiger partial charge in [-0.25, -0.2) is 4.79 Å². The van der Waals surface area contributed by atoms with Gasteiger partial charge in [0.05, 0.1) is 0 Å². The van der Waals surface area contributed by atoms with E-state index < -0.39 is 17.9 Å². The van der Waals surface area contributed by atoms with Gasteiger partial charge in [0, 0.05) is 20.4 Å². The summed E-state index contributed by atoms with van der Waals surface area (Å²) in [5.41, 5.74) is 0.256. The van der Waals surface area contributed by atoms with E-state index in [1.54, 1.807) is 24.3 Å². The number of hydrogen-bond acceptors (Lipinski definition) is 6. The Hall–Kier alpha value is -2.41. The summed E-state index contributed by atoms with van der Waals surface area (Å²) >= 11 is 0. The Morgan fingerprint density at radius 1 is 1.14 bits per heavy atom. The van der Waals surface area contributed by atoms with Gasteiger partial charge < -0.3 is 19.5 Å². The molecule has 0 unspecified atom stereocenters. The van der Waals surface area contributed by atoms with Crippen molar-refractivity contribution in [3.05, 3.63) is 29.8 Å². The molecular formula is C15H21NO6. The minimum absolute atomic E-state index is 0.256. The van der Waals surface area contributed by atoms with E-state index in [9.17, 15) is 9.59 Å². The summed E-state index contributed by atoms with van der Waals surface area (Å²) in [6, 6.07) is 6.69. The summed E-state index contributed by atoms with van der Waals surface area (Å²) in [4.78, 5) is 33.4. The first-order valence-corrected chi connectivity index (χ1v) is 6.53. The SMILES string of the molecule is CC(=O)O.CC(=O)OC(=O)c1ccccc1OCCN(C)C. The van der Waals surface area contributed by atoms with Gasteiger partial charge in [-0.2, -0.15) is 0 Å². The summed E-state index contributed by atoms with van der Waals surface area (Å²) in [7, 11) is 3.86. The van der Waals surface area contributed by atoms with E-state index in [-0.39, 0.29) is 5.56 Å². The molecule has 0 aromatic heterocycles. The van der Waals surface area contributed by atoms with Crippen LogP contribution < -0.4 is 4.74 Å². The maximum Gasteiger partial charge on any atom is 0.349 e. The smallest absolute Gasteiger partial charge is 0.349 e. The number of benzene rings is 1. The first kappa shape index (κ1) is 19.6. The summed E-state index contributed by atoms with van der Waals surface area (Å²) in [5, 5.41) is 7.42. The fourth-order valence-corrected chi connectivity index (χ4v) is 1.28. The molecule has 0 saturated carbocycles. The average molecular weight is 311 g/mol. The van der Waals surface area contributed by atoms with E-state index >= 15 is 0 Å². The van der Waals surface area contributed by atoms with Crippen molar-refractivity contribution in [1.29, 1.82) is 0 Å². The van der Waals surface area contributed by atoms with Crippen LogP contribution in [-0.2, 0) is 14.3 Å². The van der Waals surface area contributed by atoms with Crippen LogP contribution >= 0.6 is 0 Å². The number of carboxylic acid groups (broad SMARTS) is 1. The third kappa shape index (κ3) is 9.49. The highest BCUT2D eigenvalue weighted by molar-refractivity contribution is 5.98. The number of esters is 2. The second kappa shape index (κ2) is 10.3. The standard InChI is InChI=1S/C13H17NO4.C2H4O2/c1-10(15)18-13(16)11-6-4-5-7-12(11)17-9-8-14(2)3;1-2(3)4/h4-7H,8-9H2,1-3H3;1H3,(H,3,4). The van der Waals surface area contributed by atoms with Crippen LogP contribution in [0.2, 0.25) is 0 Å². The number of rotatable bonds is 5. The van der Waals surface area contributed by atoms with E-state index in [1.807, 2.05) is 19.0 Å². The second-order valence-corrected chi connectivity index (χ2v) is 4.55. The molecule has 0 spiro atoms. The third-order valence-electron chi connectivity index (χ3n) is 2.14. The second-order valence-electron chi connectivity index (χ2n) is 4.55. The zero-order chi connectivity index (χ0) is 17.1. The number of nitrogens with zero attached hydrogens (tertiary/aromatic N) is 1. The molecule has 0 bridgehead atoms. The molecule has 1 aromatic carbocycles. The van der Waals surface area contributed by atoms with Gasteiger partial charge in [-0.15, -0.1) is 0 Å². The lowest BCUT2D eigenvalue weighted by Crippen LogP contribution is -2.20. The number of carbonyl (C=O) groups is 3. The van der Waals surface area contributed by atoms with Gasteiger partial charge in [-0.3, -0.25) is 9.59 Å². The average Bonchev–Trinajstić information content (AvgIpc) is 2.37. The number of carbonyl (C=O) groups excluding carboxylic acids is 2. The van der Waals surface area contributed by atoms with Crippen molar-refractivity contribution in [3.63, 3.8) is 0 Å². The molecule has 7 nitrogen and oxygen atoms in total. The van der Waals surface area contributed by atoms with Crippen LogP contribution in [0.3, 0.4) is 0 Å². The van der Waals surface area contributed by atoms with E-state index in [1.165, 1.54) is 6.92 Å². The lowest BCUT2D eigenvalue weighted by Gasteiger charge is -2.13. The van der Waals surface area contributed by atoms with E-state index in [0.717, 1.165) is 13.5 Å². The third-order valence-corrected chi connectivity index (χ3v) is 2.14. The van der Waals surface area contributed by atoms with Gasteiger partial charge >= 0.3 is 11.9 Å². The van der Waals surface area contributed by atoms with Crippen molar-refractivity contribution < 1.29 is 29.0 Å². The highest BCUT2D eigenvalue weighted by atomic mass is 16.6. The van der Waals surface area contributed by atoms with Gasteiger partial charge in [0.2, 0.25) is 0 Å².